The molecule has 19 heavy (non-hydrogen) atoms. The minimum atomic E-state index is 0.426. The summed E-state index contributed by atoms with van der Waals surface area (Å²) < 4.78 is 0. The van der Waals surface area contributed by atoms with E-state index in [1.165, 1.54) is 64.2 Å². The molecule has 0 radical (unpaired) electrons. The maximum Gasteiger partial charge on any atom is 0.00388 e. The van der Waals surface area contributed by atoms with E-state index in [-0.39, 0.29) is 0 Å². The molecular formula is C18H39N. The molecule has 0 rings (SSSR count). The lowest BCUT2D eigenvalue weighted by molar-refractivity contribution is 0.316. The highest BCUT2D eigenvalue weighted by Crippen LogP contribution is 2.26. The second-order valence-electron chi connectivity index (χ2n) is 6.41. The van der Waals surface area contributed by atoms with Crippen molar-refractivity contribution in [3.8, 4) is 0 Å². The molecule has 0 aromatic rings. The monoisotopic (exact) mass is 269 g/mol. The number of rotatable bonds is 13. The van der Waals surface area contributed by atoms with E-state index in [0.717, 1.165) is 18.3 Å². The standard InChI is InChI=1S/C18H39N/c1-5-9-11-17(12-10-6-2)14-13-16(7-3)15-18(19)8-4/h16-18H,5-15,19H2,1-4H3. The quantitative estimate of drug-likeness (QED) is 0.441. The lowest BCUT2D eigenvalue weighted by atomic mass is 9.85. The first kappa shape index (κ1) is 19.0. The van der Waals surface area contributed by atoms with Gasteiger partial charge in [0.1, 0.15) is 0 Å². The van der Waals surface area contributed by atoms with Crippen LogP contribution in [0.15, 0.2) is 0 Å². The van der Waals surface area contributed by atoms with Crippen molar-refractivity contribution < 1.29 is 0 Å². The zero-order chi connectivity index (χ0) is 14.5. The van der Waals surface area contributed by atoms with Crippen LogP contribution < -0.4 is 5.73 Å². The Morgan fingerprint density at radius 1 is 0.684 bits per heavy atom. The van der Waals surface area contributed by atoms with Crippen molar-refractivity contribution >= 4 is 0 Å². The van der Waals surface area contributed by atoms with Gasteiger partial charge in [0.2, 0.25) is 0 Å². The highest BCUT2D eigenvalue weighted by molar-refractivity contribution is 4.69. The Balaban J connectivity index is 4.02. The topological polar surface area (TPSA) is 26.0 Å². The van der Waals surface area contributed by atoms with Crippen LogP contribution >= 0.6 is 0 Å². The average molecular weight is 270 g/mol. The molecule has 1 nitrogen and oxygen atoms in total. The molecule has 0 spiro atoms. The van der Waals surface area contributed by atoms with Crippen molar-refractivity contribution in [3.63, 3.8) is 0 Å². The lowest BCUT2D eigenvalue weighted by Gasteiger charge is -2.22. The Morgan fingerprint density at radius 3 is 1.63 bits per heavy atom. The van der Waals surface area contributed by atoms with E-state index in [0.29, 0.717) is 6.04 Å². The predicted molar refractivity (Wildman–Crippen MR) is 88.4 cm³/mol. The minimum absolute atomic E-state index is 0.426. The number of nitrogens with two attached hydrogens (primary N) is 1. The summed E-state index contributed by atoms with van der Waals surface area (Å²) in [5.41, 5.74) is 6.12. The van der Waals surface area contributed by atoms with Gasteiger partial charge in [0, 0.05) is 6.04 Å². The third-order valence-electron chi connectivity index (χ3n) is 4.65. The van der Waals surface area contributed by atoms with Gasteiger partial charge in [-0.15, -0.1) is 0 Å². The Hall–Kier alpha value is -0.0400. The van der Waals surface area contributed by atoms with Crippen molar-refractivity contribution in [3.05, 3.63) is 0 Å². The zero-order valence-corrected chi connectivity index (χ0v) is 14.1. The van der Waals surface area contributed by atoms with Crippen molar-refractivity contribution in [2.24, 2.45) is 17.6 Å². The first-order chi connectivity index (χ1) is 9.17. The first-order valence-corrected chi connectivity index (χ1v) is 8.93. The van der Waals surface area contributed by atoms with Gasteiger partial charge in [0.25, 0.3) is 0 Å². The molecule has 0 bridgehead atoms. The van der Waals surface area contributed by atoms with Gasteiger partial charge >= 0.3 is 0 Å². The van der Waals surface area contributed by atoms with Crippen LogP contribution in [0.25, 0.3) is 0 Å². The molecule has 2 N–H and O–H groups in total. The Kier molecular flexibility index (Phi) is 12.9. The lowest BCUT2D eigenvalue weighted by Crippen LogP contribution is -2.22. The van der Waals surface area contributed by atoms with Crippen LogP contribution in [0.2, 0.25) is 0 Å². The Labute approximate surface area is 122 Å². The molecule has 0 saturated carbocycles. The normalized spacial score (nSPS) is 14.8. The first-order valence-electron chi connectivity index (χ1n) is 8.93. The van der Waals surface area contributed by atoms with Crippen LogP contribution in [0, 0.1) is 11.8 Å². The molecule has 0 aliphatic heterocycles. The second kappa shape index (κ2) is 13.0. The molecule has 1 heteroatoms. The van der Waals surface area contributed by atoms with E-state index in [9.17, 15) is 0 Å². The van der Waals surface area contributed by atoms with Gasteiger partial charge in [-0.1, -0.05) is 85.5 Å². The van der Waals surface area contributed by atoms with Gasteiger partial charge in [0.05, 0.1) is 0 Å². The van der Waals surface area contributed by atoms with Crippen LogP contribution in [-0.4, -0.2) is 6.04 Å². The molecule has 0 aromatic carbocycles. The van der Waals surface area contributed by atoms with Crippen molar-refractivity contribution in [2.45, 2.75) is 104 Å². The maximum absolute atomic E-state index is 6.12. The molecule has 0 heterocycles. The van der Waals surface area contributed by atoms with Crippen LogP contribution in [0.3, 0.4) is 0 Å². The highest BCUT2D eigenvalue weighted by Gasteiger charge is 2.14. The van der Waals surface area contributed by atoms with Crippen molar-refractivity contribution in [2.75, 3.05) is 0 Å². The molecule has 0 fully saturated rings. The van der Waals surface area contributed by atoms with Gasteiger partial charge in [-0.25, -0.2) is 0 Å². The summed E-state index contributed by atoms with van der Waals surface area (Å²) in [7, 11) is 0. The van der Waals surface area contributed by atoms with E-state index in [1.54, 1.807) is 0 Å². The smallest absolute Gasteiger partial charge is 0.00388 e. The number of hydrogen-bond acceptors (Lipinski definition) is 1. The molecule has 0 aliphatic carbocycles. The summed E-state index contributed by atoms with van der Waals surface area (Å²) in [4.78, 5) is 0. The summed E-state index contributed by atoms with van der Waals surface area (Å²) in [5.74, 6) is 1.84. The highest BCUT2D eigenvalue weighted by atomic mass is 14.6. The average Bonchev–Trinajstić information content (AvgIpc) is 2.44. The van der Waals surface area contributed by atoms with Crippen LogP contribution in [0.4, 0.5) is 0 Å². The summed E-state index contributed by atoms with van der Waals surface area (Å²) in [6, 6.07) is 0.426. The largest absolute Gasteiger partial charge is 0.328 e. The van der Waals surface area contributed by atoms with Gasteiger partial charge in [-0.05, 0) is 24.7 Å². The molecule has 0 aromatic heterocycles. The van der Waals surface area contributed by atoms with E-state index in [1.807, 2.05) is 0 Å². The van der Waals surface area contributed by atoms with E-state index in [4.69, 9.17) is 5.73 Å². The fraction of sp³-hybridized carbons (Fsp3) is 1.00. The van der Waals surface area contributed by atoms with Gasteiger partial charge < -0.3 is 5.73 Å². The third kappa shape index (κ3) is 10.4. The molecule has 116 valence electrons. The maximum atomic E-state index is 6.12. The van der Waals surface area contributed by atoms with E-state index in [2.05, 4.69) is 27.7 Å². The fourth-order valence-corrected chi connectivity index (χ4v) is 2.97. The molecule has 2 atom stereocenters. The van der Waals surface area contributed by atoms with Gasteiger partial charge in [-0.3, -0.25) is 0 Å². The molecule has 0 amide bonds. The summed E-state index contributed by atoms with van der Waals surface area (Å²) in [6.07, 6.45) is 15.0. The van der Waals surface area contributed by atoms with Crippen LogP contribution in [-0.2, 0) is 0 Å². The predicted octanol–water partition coefficient (Wildman–Crippen LogP) is 5.92. The molecular weight excluding hydrogens is 230 g/mol. The van der Waals surface area contributed by atoms with Crippen molar-refractivity contribution in [1.82, 2.24) is 0 Å². The molecule has 0 aliphatic rings. The zero-order valence-electron chi connectivity index (χ0n) is 14.1. The number of hydrogen-bond donors (Lipinski definition) is 1. The molecule has 0 saturated heterocycles. The summed E-state index contributed by atoms with van der Waals surface area (Å²) in [5, 5.41) is 0. The van der Waals surface area contributed by atoms with Crippen LogP contribution in [0.1, 0.15) is 98.3 Å². The minimum Gasteiger partial charge on any atom is -0.328 e. The number of unbranched alkanes of at least 4 members (excludes halogenated alkanes) is 2. The summed E-state index contributed by atoms with van der Waals surface area (Å²) in [6.45, 7) is 9.17. The SMILES string of the molecule is CCCCC(CCCC)CCC(CC)CC(N)CC. The summed E-state index contributed by atoms with van der Waals surface area (Å²) >= 11 is 0. The Morgan fingerprint density at radius 2 is 1.21 bits per heavy atom. The van der Waals surface area contributed by atoms with Crippen molar-refractivity contribution in [1.29, 1.82) is 0 Å². The van der Waals surface area contributed by atoms with E-state index >= 15 is 0 Å². The van der Waals surface area contributed by atoms with Gasteiger partial charge in [-0.2, -0.15) is 0 Å². The van der Waals surface area contributed by atoms with E-state index < -0.39 is 0 Å². The van der Waals surface area contributed by atoms with Crippen LogP contribution in [0.5, 0.6) is 0 Å². The third-order valence-corrected chi connectivity index (χ3v) is 4.65. The Bertz CT molecular complexity index is 171. The fourth-order valence-electron chi connectivity index (χ4n) is 2.97. The second-order valence-corrected chi connectivity index (χ2v) is 6.41. The molecule has 2 unspecified atom stereocenters. The van der Waals surface area contributed by atoms with Gasteiger partial charge in [0.15, 0.2) is 0 Å².